The first-order valence-corrected chi connectivity index (χ1v) is 8.94. The van der Waals surface area contributed by atoms with Crippen LogP contribution in [0.15, 0.2) is 30.5 Å². The third-order valence-corrected chi connectivity index (χ3v) is 5.42. The Hall–Kier alpha value is -2.61. The van der Waals surface area contributed by atoms with Crippen molar-refractivity contribution >= 4 is 27.4 Å². The molecule has 0 radical (unpaired) electrons. The zero-order valence-corrected chi connectivity index (χ0v) is 14.6. The second kappa shape index (κ2) is 6.36. The van der Waals surface area contributed by atoms with E-state index in [4.69, 9.17) is 4.74 Å². The fourth-order valence-electron chi connectivity index (χ4n) is 3.09. The number of nitrogens with zero attached hydrogens (tertiary/aromatic N) is 4. The van der Waals surface area contributed by atoms with Crippen molar-refractivity contribution in [1.29, 1.82) is 0 Å². The summed E-state index contributed by atoms with van der Waals surface area (Å²) in [5, 5.41) is 14.7. The average molecular weight is 358 g/mol. The molecule has 1 N–H and O–H groups in total. The largest absolute Gasteiger partial charge is 0.497 e. The van der Waals surface area contributed by atoms with Crippen LogP contribution in [0.3, 0.4) is 0 Å². The van der Waals surface area contributed by atoms with E-state index in [9.17, 15) is 9.90 Å². The van der Waals surface area contributed by atoms with Gasteiger partial charge in [-0.25, -0.2) is 9.50 Å². The summed E-state index contributed by atoms with van der Waals surface area (Å²) in [7, 11) is 1.64. The molecule has 0 amide bonds. The number of carboxylic acids is 1. The van der Waals surface area contributed by atoms with Crippen LogP contribution in [0.1, 0.15) is 12.8 Å². The van der Waals surface area contributed by atoms with Crippen LogP contribution in [0.2, 0.25) is 0 Å². The summed E-state index contributed by atoms with van der Waals surface area (Å²) in [6, 6.07) is 7.75. The van der Waals surface area contributed by atoms with Crippen molar-refractivity contribution in [2.75, 3.05) is 25.1 Å². The molecule has 1 fully saturated rings. The Balaban J connectivity index is 1.60. The van der Waals surface area contributed by atoms with Crippen molar-refractivity contribution in [2.45, 2.75) is 12.8 Å². The highest BCUT2D eigenvalue weighted by Crippen LogP contribution is 2.30. The predicted octanol–water partition coefficient (Wildman–Crippen LogP) is 2.77. The summed E-state index contributed by atoms with van der Waals surface area (Å²) < 4.78 is 7.02. The summed E-state index contributed by atoms with van der Waals surface area (Å²) >= 11 is 1.49. The molecule has 0 saturated carbocycles. The first-order chi connectivity index (χ1) is 12.1. The molecule has 0 bridgehead atoms. The van der Waals surface area contributed by atoms with Gasteiger partial charge in [-0.15, -0.1) is 5.10 Å². The lowest BCUT2D eigenvalue weighted by Gasteiger charge is -2.29. The van der Waals surface area contributed by atoms with E-state index in [-0.39, 0.29) is 5.92 Å². The van der Waals surface area contributed by atoms with Gasteiger partial charge in [0.15, 0.2) is 0 Å². The van der Waals surface area contributed by atoms with Crippen molar-refractivity contribution in [3.05, 3.63) is 30.5 Å². The van der Waals surface area contributed by atoms with Crippen molar-refractivity contribution < 1.29 is 14.6 Å². The molecule has 1 aromatic carbocycles. The van der Waals surface area contributed by atoms with E-state index in [0.717, 1.165) is 46.5 Å². The molecule has 1 aliphatic rings. The summed E-state index contributed by atoms with van der Waals surface area (Å²) in [5.41, 5.74) is 1.81. The van der Waals surface area contributed by atoms with Gasteiger partial charge in [0.1, 0.15) is 5.75 Å². The number of hydrogen-bond donors (Lipinski definition) is 1. The molecule has 1 unspecified atom stereocenters. The summed E-state index contributed by atoms with van der Waals surface area (Å²) in [5.74, 6) is -0.265. The number of rotatable bonds is 4. The molecule has 8 heteroatoms. The number of hydrogen-bond acceptors (Lipinski definition) is 6. The molecule has 1 atom stereocenters. The van der Waals surface area contributed by atoms with E-state index in [0.29, 0.717) is 6.54 Å². The van der Waals surface area contributed by atoms with Gasteiger partial charge in [0, 0.05) is 18.7 Å². The Morgan fingerprint density at radius 3 is 3.08 bits per heavy atom. The number of carbonyl (C=O) groups is 1. The number of benzene rings is 1. The Morgan fingerprint density at radius 1 is 1.44 bits per heavy atom. The van der Waals surface area contributed by atoms with Crippen molar-refractivity contribution in [3.63, 3.8) is 0 Å². The van der Waals surface area contributed by atoms with Crippen LogP contribution < -0.4 is 9.64 Å². The molecular formula is C17H18N4O3S. The first-order valence-electron chi connectivity index (χ1n) is 8.12. The molecule has 1 saturated heterocycles. The molecule has 0 spiro atoms. The highest BCUT2D eigenvalue weighted by Gasteiger charge is 2.27. The van der Waals surface area contributed by atoms with Gasteiger partial charge in [-0.2, -0.15) is 0 Å². The van der Waals surface area contributed by atoms with Crippen molar-refractivity contribution in [3.8, 4) is 17.0 Å². The molecule has 3 heterocycles. The number of imidazole rings is 1. The normalized spacial score (nSPS) is 17.8. The van der Waals surface area contributed by atoms with Crippen molar-refractivity contribution in [1.82, 2.24) is 14.6 Å². The van der Waals surface area contributed by atoms with Crippen LogP contribution in [-0.2, 0) is 4.79 Å². The van der Waals surface area contributed by atoms with Crippen LogP contribution in [0.25, 0.3) is 16.2 Å². The minimum absolute atomic E-state index is 0.322. The standard InChI is InChI=1S/C17H18N4O3S/c1-24-13-6-2-4-11(8-13)14-10-21-16(18-14)25-17(19-21)20-7-3-5-12(9-20)15(22)23/h2,4,6,8,10,12H,3,5,7,9H2,1H3,(H,22,23). The SMILES string of the molecule is COc1cccc(-c2cn3nc(N4CCCC(C(=O)O)C4)sc3n2)c1. The number of ether oxygens (including phenoxy) is 1. The lowest BCUT2D eigenvalue weighted by atomic mass is 9.99. The van der Waals surface area contributed by atoms with Gasteiger partial charge in [0.25, 0.3) is 0 Å². The molecular weight excluding hydrogens is 340 g/mol. The lowest BCUT2D eigenvalue weighted by Crippen LogP contribution is -2.38. The van der Waals surface area contributed by atoms with Gasteiger partial charge in [0.05, 0.1) is 24.9 Å². The number of aliphatic carboxylic acids is 1. The first kappa shape index (κ1) is 15.9. The van der Waals surface area contributed by atoms with Crippen molar-refractivity contribution in [2.24, 2.45) is 5.92 Å². The van der Waals surface area contributed by atoms with E-state index < -0.39 is 5.97 Å². The second-order valence-electron chi connectivity index (χ2n) is 6.09. The van der Waals surface area contributed by atoms with Crippen LogP contribution in [0.5, 0.6) is 5.75 Å². The number of piperidine rings is 1. The average Bonchev–Trinajstić information content (AvgIpc) is 3.21. The van der Waals surface area contributed by atoms with Gasteiger partial charge in [0.2, 0.25) is 10.1 Å². The number of carboxylic acid groups (broad SMARTS) is 1. The van der Waals surface area contributed by atoms with E-state index in [2.05, 4.69) is 10.1 Å². The molecule has 2 aromatic heterocycles. The summed E-state index contributed by atoms with van der Waals surface area (Å²) in [4.78, 5) is 18.7. The van der Waals surface area contributed by atoms with Gasteiger partial charge in [-0.05, 0) is 25.0 Å². The van der Waals surface area contributed by atoms with E-state index in [1.807, 2.05) is 35.4 Å². The molecule has 25 heavy (non-hydrogen) atoms. The number of anilines is 1. The molecule has 7 nitrogen and oxygen atoms in total. The maximum atomic E-state index is 11.2. The Labute approximate surface area is 148 Å². The maximum absolute atomic E-state index is 11.2. The predicted molar refractivity (Wildman–Crippen MR) is 95.4 cm³/mol. The molecule has 4 rings (SSSR count). The van der Waals surface area contributed by atoms with Gasteiger partial charge in [-0.3, -0.25) is 4.79 Å². The fraction of sp³-hybridized carbons (Fsp3) is 0.353. The fourth-order valence-corrected chi connectivity index (χ4v) is 4.01. The quantitative estimate of drug-likeness (QED) is 0.772. The lowest BCUT2D eigenvalue weighted by molar-refractivity contribution is -0.141. The molecule has 130 valence electrons. The third kappa shape index (κ3) is 3.05. The van der Waals surface area contributed by atoms with Crippen LogP contribution in [0.4, 0.5) is 5.13 Å². The monoisotopic (exact) mass is 358 g/mol. The zero-order chi connectivity index (χ0) is 17.4. The Morgan fingerprint density at radius 2 is 2.32 bits per heavy atom. The maximum Gasteiger partial charge on any atom is 0.308 e. The zero-order valence-electron chi connectivity index (χ0n) is 13.8. The van der Waals surface area contributed by atoms with E-state index in [1.54, 1.807) is 11.6 Å². The highest BCUT2D eigenvalue weighted by atomic mass is 32.1. The summed E-state index contributed by atoms with van der Waals surface area (Å²) in [6.07, 6.45) is 3.49. The topological polar surface area (TPSA) is 80.0 Å². The third-order valence-electron chi connectivity index (χ3n) is 4.44. The molecule has 0 aliphatic carbocycles. The minimum Gasteiger partial charge on any atom is -0.497 e. The minimum atomic E-state index is -0.730. The molecule has 1 aliphatic heterocycles. The van der Waals surface area contributed by atoms with Crippen LogP contribution >= 0.6 is 11.3 Å². The smallest absolute Gasteiger partial charge is 0.308 e. The van der Waals surface area contributed by atoms with E-state index in [1.165, 1.54) is 11.3 Å². The Bertz CT molecular complexity index is 888. The Kier molecular flexibility index (Phi) is 4.04. The van der Waals surface area contributed by atoms with Gasteiger partial charge < -0.3 is 14.7 Å². The van der Waals surface area contributed by atoms with Crippen LogP contribution in [0, 0.1) is 5.92 Å². The van der Waals surface area contributed by atoms with Gasteiger partial charge in [-0.1, -0.05) is 23.5 Å². The highest BCUT2D eigenvalue weighted by molar-refractivity contribution is 7.20. The van der Waals surface area contributed by atoms with E-state index >= 15 is 0 Å². The number of methoxy groups -OCH3 is 1. The summed E-state index contributed by atoms with van der Waals surface area (Å²) in [6.45, 7) is 1.35. The number of fused-ring (bicyclic) bond motifs is 1. The second-order valence-corrected chi connectivity index (χ2v) is 7.03. The number of aromatic nitrogens is 3. The van der Waals surface area contributed by atoms with Gasteiger partial charge >= 0.3 is 5.97 Å². The van der Waals surface area contributed by atoms with Crippen LogP contribution in [-0.4, -0.2) is 45.9 Å². The molecule has 3 aromatic rings.